The van der Waals surface area contributed by atoms with Crippen LogP contribution in [0.5, 0.6) is 0 Å². The number of rotatable bonds is 2. The van der Waals surface area contributed by atoms with Crippen molar-refractivity contribution in [2.75, 3.05) is 0 Å². The van der Waals surface area contributed by atoms with Crippen molar-refractivity contribution in [3.8, 4) is 0 Å². The average Bonchev–Trinajstić information content (AvgIpc) is 2.21. The van der Waals surface area contributed by atoms with E-state index in [1.54, 1.807) is 0 Å². The summed E-state index contributed by atoms with van der Waals surface area (Å²) in [6, 6.07) is 21.6. The van der Waals surface area contributed by atoms with E-state index in [0.29, 0.717) is 0 Å². The molecule has 0 unspecified atom stereocenters. The van der Waals surface area contributed by atoms with E-state index in [0.717, 1.165) is 6.42 Å². The normalized spacial score (nSPS) is 9.14. The average molecular weight is 174 g/mol. The molecule has 0 bridgehead atoms. The molecule has 14 heavy (non-hydrogen) atoms. The summed E-state index contributed by atoms with van der Waals surface area (Å²) in [4.78, 5) is 0. The van der Waals surface area contributed by atoms with Crippen molar-refractivity contribution in [1.29, 1.82) is 0 Å². The Hall–Kier alpha value is -0.963. The van der Waals surface area contributed by atoms with Gasteiger partial charge in [0.05, 0.1) is 0 Å². The van der Waals surface area contributed by atoms with Gasteiger partial charge in [0.2, 0.25) is 0 Å². The zero-order valence-electron chi connectivity index (χ0n) is 8.40. The second-order valence-electron chi connectivity index (χ2n) is 3.07. The van der Waals surface area contributed by atoms with Gasteiger partial charge >= 0.3 is 18.9 Å². The summed E-state index contributed by atoms with van der Waals surface area (Å²) in [5.41, 5.74) is 2.69. The molecule has 0 saturated heterocycles. The van der Waals surface area contributed by atoms with Crippen LogP contribution in [0.15, 0.2) is 54.6 Å². The minimum Gasteiger partial charge on any atom is -0.184 e. The van der Waals surface area contributed by atoms with Crippen LogP contribution in [-0.4, -0.2) is 0 Å². The van der Waals surface area contributed by atoms with Crippen molar-refractivity contribution in [2.24, 2.45) is 0 Å². The monoisotopic (exact) mass is 174 g/mol. The minimum atomic E-state index is 0. The Labute approximate surface area is 97.2 Å². The fraction of sp³-hybridized carbons (Fsp3) is 0.0769. The summed E-state index contributed by atoms with van der Waals surface area (Å²) < 4.78 is 0. The fourth-order valence-electron chi connectivity index (χ4n) is 1.37. The molecule has 2 rings (SSSR count). The zero-order valence-corrected chi connectivity index (χ0v) is 8.40. The van der Waals surface area contributed by atoms with Crippen molar-refractivity contribution >= 4 is 0 Å². The predicted octanol–water partition coefficient (Wildman–Crippen LogP) is 0.0816. The van der Waals surface area contributed by atoms with Gasteiger partial charge in [-0.25, -0.2) is 0 Å². The fourth-order valence-corrected chi connectivity index (χ4v) is 1.37. The second kappa shape index (κ2) is 5.70. The SMILES string of the molecule is [Li+].[c-]1ccc(Cc2ccccc2)cc1. The molecule has 0 atom stereocenters. The first kappa shape index (κ1) is 11.1. The molecule has 0 spiro atoms. The number of hydrogen-bond donors (Lipinski definition) is 0. The maximum atomic E-state index is 3.02. The third-order valence-corrected chi connectivity index (χ3v) is 2.04. The van der Waals surface area contributed by atoms with Crippen LogP contribution in [0.4, 0.5) is 0 Å². The molecule has 0 aliphatic carbocycles. The van der Waals surface area contributed by atoms with Crippen LogP contribution in [0.1, 0.15) is 11.1 Å². The van der Waals surface area contributed by atoms with Crippen molar-refractivity contribution in [3.63, 3.8) is 0 Å². The van der Waals surface area contributed by atoms with E-state index in [9.17, 15) is 0 Å². The molecule has 0 saturated carbocycles. The molecule has 0 N–H and O–H groups in total. The summed E-state index contributed by atoms with van der Waals surface area (Å²) in [6.07, 6.45) is 1.01. The van der Waals surface area contributed by atoms with Gasteiger partial charge in [-0.15, -0.1) is 0 Å². The van der Waals surface area contributed by atoms with E-state index >= 15 is 0 Å². The first-order valence-corrected chi connectivity index (χ1v) is 4.44. The van der Waals surface area contributed by atoms with Gasteiger partial charge in [0.15, 0.2) is 0 Å². The van der Waals surface area contributed by atoms with Gasteiger partial charge in [-0.1, -0.05) is 30.3 Å². The van der Waals surface area contributed by atoms with Gasteiger partial charge in [0, 0.05) is 0 Å². The summed E-state index contributed by atoms with van der Waals surface area (Å²) in [5.74, 6) is 0. The number of hydrogen-bond acceptors (Lipinski definition) is 0. The summed E-state index contributed by atoms with van der Waals surface area (Å²) in [7, 11) is 0. The summed E-state index contributed by atoms with van der Waals surface area (Å²) >= 11 is 0. The van der Waals surface area contributed by atoms with Gasteiger partial charge in [0.25, 0.3) is 0 Å². The second-order valence-corrected chi connectivity index (χ2v) is 3.07. The van der Waals surface area contributed by atoms with E-state index in [1.807, 2.05) is 18.2 Å². The van der Waals surface area contributed by atoms with Crippen molar-refractivity contribution in [1.82, 2.24) is 0 Å². The van der Waals surface area contributed by atoms with Crippen LogP contribution < -0.4 is 18.9 Å². The van der Waals surface area contributed by atoms with Crippen LogP contribution in [0.3, 0.4) is 0 Å². The Balaban J connectivity index is 0.000000980. The third-order valence-electron chi connectivity index (χ3n) is 2.04. The van der Waals surface area contributed by atoms with E-state index < -0.39 is 0 Å². The molecule has 0 aliphatic heterocycles. The van der Waals surface area contributed by atoms with Gasteiger partial charge in [-0.2, -0.15) is 35.9 Å². The van der Waals surface area contributed by atoms with Gasteiger partial charge in [-0.05, 0) is 12.0 Å². The molecule has 0 fully saturated rings. The molecular weight excluding hydrogens is 163 g/mol. The molecule has 1 heteroatoms. The summed E-state index contributed by atoms with van der Waals surface area (Å²) in [5, 5.41) is 0. The van der Waals surface area contributed by atoms with E-state index in [4.69, 9.17) is 0 Å². The summed E-state index contributed by atoms with van der Waals surface area (Å²) in [6.45, 7) is 0. The Bertz CT molecular complexity index is 316. The quantitative estimate of drug-likeness (QED) is 0.447. The zero-order chi connectivity index (χ0) is 8.93. The van der Waals surface area contributed by atoms with Gasteiger partial charge in [0.1, 0.15) is 0 Å². The van der Waals surface area contributed by atoms with Crippen LogP contribution in [0, 0.1) is 6.07 Å². The first-order chi connectivity index (χ1) is 6.45. The van der Waals surface area contributed by atoms with Crippen LogP contribution >= 0.6 is 0 Å². The minimum absolute atomic E-state index is 0. The largest absolute Gasteiger partial charge is 1.00 e. The van der Waals surface area contributed by atoms with Crippen LogP contribution in [0.2, 0.25) is 0 Å². The molecule has 64 valence electrons. The smallest absolute Gasteiger partial charge is 0.184 e. The molecule has 0 aliphatic rings. The van der Waals surface area contributed by atoms with E-state index in [-0.39, 0.29) is 18.9 Å². The third kappa shape index (κ3) is 3.07. The maximum absolute atomic E-state index is 3.02. The molecule has 0 radical (unpaired) electrons. The molecule has 0 nitrogen and oxygen atoms in total. The molecule has 0 aromatic heterocycles. The standard InChI is InChI=1S/C13H11.Li/c1-3-7-12(8-4-1)11-13-9-5-2-6-10-13;/h1,3-10H,11H2;/q-1;+1. The Morgan fingerprint density at radius 3 is 2.00 bits per heavy atom. The topological polar surface area (TPSA) is 0 Å². The van der Waals surface area contributed by atoms with Crippen LogP contribution in [-0.2, 0) is 6.42 Å². The van der Waals surface area contributed by atoms with Crippen LogP contribution in [0.25, 0.3) is 0 Å². The first-order valence-electron chi connectivity index (χ1n) is 4.44. The Kier molecular flexibility index (Phi) is 4.53. The molecule has 0 heterocycles. The van der Waals surface area contributed by atoms with Crippen molar-refractivity contribution in [3.05, 3.63) is 71.8 Å². The maximum Gasteiger partial charge on any atom is 1.00 e. The van der Waals surface area contributed by atoms with E-state index in [1.165, 1.54) is 11.1 Å². The van der Waals surface area contributed by atoms with Gasteiger partial charge < -0.3 is 0 Å². The molecule has 2 aromatic carbocycles. The Morgan fingerprint density at radius 2 is 1.36 bits per heavy atom. The molecular formula is C13H11Li. The molecule has 0 amide bonds. The number of benzene rings is 2. The van der Waals surface area contributed by atoms with E-state index in [2.05, 4.69) is 42.5 Å². The Morgan fingerprint density at radius 1 is 0.786 bits per heavy atom. The van der Waals surface area contributed by atoms with Crippen molar-refractivity contribution in [2.45, 2.75) is 6.42 Å². The predicted molar refractivity (Wildman–Crippen MR) is 54.5 cm³/mol. The molecule has 2 aromatic rings. The van der Waals surface area contributed by atoms with Crippen molar-refractivity contribution < 1.29 is 18.9 Å². The van der Waals surface area contributed by atoms with Gasteiger partial charge in [-0.3, -0.25) is 0 Å².